The van der Waals surface area contributed by atoms with E-state index in [-0.39, 0.29) is 11.8 Å². The summed E-state index contributed by atoms with van der Waals surface area (Å²) in [4.78, 5) is 19.0. The Morgan fingerprint density at radius 3 is 2.88 bits per heavy atom. The summed E-state index contributed by atoms with van der Waals surface area (Å²) in [6.07, 6.45) is 0.741. The summed E-state index contributed by atoms with van der Waals surface area (Å²) in [6.45, 7) is 5.09. The third kappa shape index (κ3) is 3.28. The van der Waals surface area contributed by atoms with Crippen molar-refractivity contribution in [1.29, 1.82) is 0 Å². The molecule has 1 rings (SSSR count). The molecule has 4 nitrogen and oxygen atoms in total. The van der Waals surface area contributed by atoms with Gasteiger partial charge in [0, 0.05) is 17.8 Å². The molecule has 0 aliphatic carbocycles. The van der Waals surface area contributed by atoms with Crippen LogP contribution in [-0.4, -0.2) is 29.4 Å². The lowest BCUT2D eigenvalue weighted by molar-refractivity contribution is -0.134. The van der Waals surface area contributed by atoms with Gasteiger partial charge in [-0.3, -0.25) is 4.79 Å². The largest absolute Gasteiger partial charge is 0.340 e. The highest BCUT2D eigenvalue weighted by atomic mass is 32.1. The van der Waals surface area contributed by atoms with Crippen LogP contribution in [0.15, 0.2) is 5.51 Å². The molecule has 5 heteroatoms. The molecule has 90 valence electrons. The summed E-state index contributed by atoms with van der Waals surface area (Å²) in [5, 5.41) is 0. The lowest BCUT2D eigenvalue weighted by atomic mass is 10.1. The van der Waals surface area contributed by atoms with E-state index in [1.54, 1.807) is 16.2 Å². The van der Waals surface area contributed by atoms with Gasteiger partial charge < -0.3 is 10.6 Å². The number of rotatable bonds is 5. The molecule has 1 unspecified atom stereocenters. The van der Waals surface area contributed by atoms with Crippen LogP contribution in [0.4, 0.5) is 0 Å². The van der Waals surface area contributed by atoms with Crippen LogP contribution in [-0.2, 0) is 11.3 Å². The minimum Gasteiger partial charge on any atom is -0.340 e. The van der Waals surface area contributed by atoms with Crippen LogP contribution < -0.4 is 5.73 Å². The van der Waals surface area contributed by atoms with Crippen molar-refractivity contribution in [3.63, 3.8) is 0 Å². The van der Waals surface area contributed by atoms with Gasteiger partial charge in [-0.1, -0.05) is 6.92 Å². The summed E-state index contributed by atoms with van der Waals surface area (Å²) in [7, 11) is 1.83. The number of nitrogens with two attached hydrogens (primary N) is 1. The molecule has 1 aromatic rings. The van der Waals surface area contributed by atoms with Crippen molar-refractivity contribution in [3.05, 3.63) is 16.1 Å². The molecule has 1 aromatic heterocycles. The van der Waals surface area contributed by atoms with Crippen molar-refractivity contribution in [2.75, 3.05) is 13.6 Å². The summed E-state index contributed by atoms with van der Waals surface area (Å²) < 4.78 is 0. The van der Waals surface area contributed by atoms with Crippen LogP contribution in [0, 0.1) is 12.8 Å². The van der Waals surface area contributed by atoms with E-state index in [0.29, 0.717) is 13.1 Å². The van der Waals surface area contributed by atoms with E-state index in [0.717, 1.165) is 17.0 Å². The molecule has 1 amide bonds. The number of hydrogen-bond donors (Lipinski definition) is 1. The Morgan fingerprint density at radius 1 is 1.69 bits per heavy atom. The third-order valence-electron chi connectivity index (χ3n) is 2.62. The number of aromatic nitrogens is 1. The maximum absolute atomic E-state index is 11.9. The quantitative estimate of drug-likeness (QED) is 0.847. The molecule has 16 heavy (non-hydrogen) atoms. The van der Waals surface area contributed by atoms with E-state index in [9.17, 15) is 4.79 Å². The first kappa shape index (κ1) is 13.1. The molecule has 1 heterocycles. The fraction of sp³-hybridized carbons (Fsp3) is 0.636. The lowest BCUT2D eigenvalue weighted by Gasteiger charge is -2.20. The molecular formula is C11H19N3OS. The minimum atomic E-state index is 0.00299. The Labute approximate surface area is 100 Å². The first-order chi connectivity index (χ1) is 7.56. The molecule has 0 aliphatic rings. The van der Waals surface area contributed by atoms with Crippen molar-refractivity contribution >= 4 is 17.2 Å². The molecule has 1 atom stereocenters. The number of aryl methyl sites for hydroxylation is 1. The molecule has 0 radical (unpaired) electrons. The van der Waals surface area contributed by atoms with Gasteiger partial charge in [-0.25, -0.2) is 4.98 Å². The van der Waals surface area contributed by atoms with Crippen LogP contribution in [0.3, 0.4) is 0 Å². The van der Waals surface area contributed by atoms with Gasteiger partial charge in [0.2, 0.25) is 5.91 Å². The fourth-order valence-electron chi connectivity index (χ4n) is 1.52. The zero-order valence-corrected chi connectivity index (χ0v) is 10.9. The van der Waals surface area contributed by atoms with Crippen molar-refractivity contribution in [2.24, 2.45) is 11.7 Å². The minimum absolute atomic E-state index is 0.00299. The molecule has 0 spiro atoms. The maximum Gasteiger partial charge on any atom is 0.225 e. The van der Waals surface area contributed by atoms with E-state index in [1.165, 1.54) is 0 Å². The first-order valence-electron chi connectivity index (χ1n) is 5.40. The molecule has 0 saturated heterocycles. The average Bonchev–Trinajstić information content (AvgIpc) is 2.63. The molecule has 0 bridgehead atoms. The van der Waals surface area contributed by atoms with Gasteiger partial charge in [-0.05, 0) is 19.9 Å². The van der Waals surface area contributed by atoms with E-state index >= 15 is 0 Å². The smallest absolute Gasteiger partial charge is 0.225 e. The highest BCUT2D eigenvalue weighted by Gasteiger charge is 2.17. The Hall–Kier alpha value is -0.940. The van der Waals surface area contributed by atoms with E-state index in [1.807, 2.05) is 26.4 Å². The Bertz CT molecular complexity index is 351. The maximum atomic E-state index is 11.9. The second-order valence-corrected chi connectivity index (χ2v) is 4.97. The highest BCUT2D eigenvalue weighted by Crippen LogP contribution is 2.16. The van der Waals surface area contributed by atoms with Gasteiger partial charge in [0.15, 0.2) is 0 Å². The van der Waals surface area contributed by atoms with Gasteiger partial charge in [-0.15, -0.1) is 11.3 Å². The number of amides is 1. The predicted octanol–water partition coefficient (Wildman–Crippen LogP) is 1.39. The average molecular weight is 241 g/mol. The monoisotopic (exact) mass is 241 g/mol. The van der Waals surface area contributed by atoms with Crippen LogP contribution in [0.1, 0.15) is 23.9 Å². The Morgan fingerprint density at radius 2 is 2.38 bits per heavy atom. The molecule has 0 aromatic carbocycles. The molecular weight excluding hydrogens is 222 g/mol. The topological polar surface area (TPSA) is 59.2 Å². The van der Waals surface area contributed by atoms with Gasteiger partial charge >= 0.3 is 0 Å². The van der Waals surface area contributed by atoms with E-state index in [4.69, 9.17) is 5.73 Å². The SMILES string of the molecule is Cc1ncsc1CN(C)C(=O)C(C)CCN. The first-order valence-corrected chi connectivity index (χ1v) is 6.28. The summed E-state index contributed by atoms with van der Waals surface area (Å²) >= 11 is 1.59. The van der Waals surface area contributed by atoms with Gasteiger partial charge in [0.05, 0.1) is 17.7 Å². The number of nitrogens with zero attached hydrogens (tertiary/aromatic N) is 2. The Kier molecular flexibility index (Phi) is 4.89. The fourth-order valence-corrected chi connectivity index (χ4v) is 2.35. The third-order valence-corrected chi connectivity index (χ3v) is 3.54. The zero-order chi connectivity index (χ0) is 12.1. The second-order valence-electron chi connectivity index (χ2n) is 4.03. The number of carbonyl (C=O) groups is 1. The number of carbonyl (C=O) groups excluding carboxylic acids is 1. The van der Waals surface area contributed by atoms with Crippen LogP contribution in [0.5, 0.6) is 0 Å². The van der Waals surface area contributed by atoms with E-state index < -0.39 is 0 Å². The normalized spacial score (nSPS) is 12.5. The predicted molar refractivity (Wildman–Crippen MR) is 66.2 cm³/mol. The molecule has 0 saturated carbocycles. The Balaban J connectivity index is 2.55. The van der Waals surface area contributed by atoms with Crippen LogP contribution >= 0.6 is 11.3 Å². The molecule has 2 N–H and O–H groups in total. The van der Waals surface area contributed by atoms with Crippen molar-refractivity contribution in [1.82, 2.24) is 9.88 Å². The van der Waals surface area contributed by atoms with E-state index in [2.05, 4.69) is 4.98 Å². The second kappa shape index (κ2) is 5.96. The van der Waals surface area contributed by atoms with Crippen molar-refractivity contribution in [3.8, 4) is 0 Å². The van der Waals surface area contributed by atoms with Crippen molar-refractivity contribution < 1.29 is 4.79 Å². The van der Waals surface area contributed by atoms with Gasteiger partial charge in [-0.2, -0.15) is 0 Å². The summed E-state index contributed by atoms with van der Waals surface area (Å²) in [6, 6.07) is 0. The highest BCUT2D eigenvalue weighted by molar-refractivity contribution is 7.09. The summed E-state index contributed by atoms with van der Waals surface area (Å²) in [5.41, 5.74) is 8.27. The van der Waals surface area contributed by atoms with Crippen molar-refractivity contribution in [2.45, 2.75) is 26.8 Å². The lowest BCUT2D eigenvalue weighted by Crippen LogP contribution is -2.32. The van der Waals surface area contributed by atoms with Crippen LogP contribution in [0.2, 0.25) is 0 Å². The number of hydrogen-bond acceptors (Lipinski definition) is 4. The summed E-state index contributed by atoms with van der Waals surface area (Å²) in [5.74, 6) is 0.154. The van der Waals surface area contributed by atoms with Gasteiger partial charge in [0.25, 0.3) is 0 Å². The molecule has 0 fully saturated rings. The molecule has 0 aliphatic heterocycles. The van der Waals surface area contributed by atoms with Crippen LogP contribution in [0.25, 0.3) is 0 Å². The van der Waals surface area contributed by atoms with Gasteiger partial charge in [0.1, 0.15) is 0 Å². The zero-order valence-electron chi connectivity index (χ0n) is 10.1. The number of thiazole rings is 1. The standard InChI is InChI=1S/C11H19N3OS/c1-8(4-5-12)11(15)14(3)6-10-9(2)13-7-16-10/h7-8H,4-6,12H2,1-3H3.